The number of carbonyl (C=O) groups excluding carboxylic acids is 1. The number of hydrogen-bond donors (Lipinski definition) is 1. The Bertz CT molecular complexity index is 583. The topological polar surface area (TPSA) is 69.7 Å². The second-order valence-corrected chi connectivity index (χ2v) is 7.29. The van der Waals surface area contributed by atoms with E-state index in [1.54, 1.807) is 29.2 Å². The van der Waals surface area contributed by atoms with Gasteiger partial charge in [0.05, 0.1) is 4.90 Å². The number of rotatable bonds is 8. The van der Waals surface area contributed by atoms with Gasteiger partial charge >= 0.3 is 0 Å². The lowest BCUT2D eigenvalue weighted by molar-refractivity contribution is -0.128. The van der Waals surface area contributed by atoms with E-state index in [0.717, 1.165) is 12.1 Å². The molecule has 124 valence electrons. The largest absolute Gasteiger partial charge is 0.340 e. The molecule has 0 unspecified atom stereocenters. The highest BCUT2D eigenvalue weighted by atomic mass is 32.2. The first-order valence-corrected chi connectivity index (χ1v) is 8.67. The van der Waals surface area contributed by atoms with Crippen molar-refractivity contribution in [1.29, 1.82) is 0 Å². The lowest BCUT2D eigenvalue weighted by Gasteiger charge is -2.23. The van der Waals surface area contributed by atoms with Crippen molar-refractivity contribution in [3.8, 4) is 0 Å². The first-order valence-electron chi connectivity index (χ1n) is 7.19. The molecule has 0 saturated heterocycles. The maximum absolute atomic E-state index is 12.1. The van der Waals surface area contributed by atoms with Crippen molar-refractivity contribution in [3.05, 3.63) is 29.8 Å². The summed E-state index contributed by atoms with van der Waals surface area (Å²) < 4.78 is 26.8. The lowest BCUT2D eigenvalue weighted by Crippen LogP contribution is -2.40. The number of likely N-dealkylation sites (N-methyl/N-ethyl adjacent to an activating group) is 1. The van der Waals surface area contributed by atoms with Crippen LogP contribution in [0.25, 0.3) is 0 Å². The van der Waals surface area contributed by atoms with Gasteiger partial charge in [-0.1, -0.05) is 17.7 Å². The number of carbonyl (C=O) groups is 1. The molecule has 1 amide bonds. The van der Waals surface area contributed by atoms with Gasteiger partial charge in [-0.05, 0) is 33.2 Å². The van der Waals surface area contributed by atoms with E-state index in [1.807, 2.05) is 25.9 Å². The zero-order valence-electron chi connectivity index (χ0n) is 13.7. The summed E-state index contributed by atoms with van der Waals surface area (Å²) in [6, 6.07) is 6.67. The smallest absolute Gasteiger partial charge is 0.240 e. The molecule has 0 aliphatic rings. The second kappa shape index (κ2) is 8.26. The summed E-state index contributed by atoms with van der Waals surface area (Å²) in [5, 5.41) is 0. The Balaban J connectivity index is 2.56. The molecule has 1 aromatic carbocycles. The van der Waals surface area contributed by atoms with Gasteiger partial charge in [0, 0.05) is 33.1 Å². The minimum absolute atomic E-state index is 0.0589. The average molecular weight is 327 g/mol. The van der Waals surface area contributed by atoms with Crippen molar-refractivity contribution in [3.63, 3.8) is 0 Å². The van der Waals surface area contributed by atoms with Gasteiger partial charge in [0.1, 0.15) is 0 Å². The van der Waals surface area contributed by atoms with E-state index in [0.29, 0.717) is 13.1 Å². The van der Waals surface area contributed by atoms with Crippen LogP contribution in [0.5, 0.6) is 0 Å². The highest BCUT2D eigenvalue weighted by molar-refractivity contribution is 7.89. The fourth-order valence-electron chi connectivity index (χ4n) is 1.86. The summed E-state index contributed by atoms with van der Waals surface area (Å²) in [7, 11) is 0.330. The molecule has 0 fully saturated rings. The fraction of sp³-hybridized carbons (Fsp3) is 0.533. The molecule has 0 radical (unpaired) electrons. The fourth-order valence-corrected chi connectivity index (χ4v) is 2.88. The van der Waals surface area contributed by atoms with E-state index >= 15 is 0 Å². The van der Waals surface area contributed by atoms with Crippen LogP contribution in [0, 0.1) is 6.92 Å². The van der Waals surface area contributed by atoms with Crippen molar-refractivity contribution in [2.75, 3.05) is 40.3 Å². The lowest BCUT2D eigenvalue weighted by atomic mass is 10.2. The molecule has 0 heterocycles. The number of nitrogens with zero attached hydrogens (tertiary/aromatic N) is 2. The predicted octanol–water partition coefficient (Wildman–Crippen LogP) is 0.683. The maximum Gasteiger partial charge on any atom is 0.240 e. The van der Waals surface area contributed by atoms with E-state index in [-0.39, 0.29) is 17.3 Å². The van der Waals surface area contributed by atoms with Crippen molar-refractivity contribution < 1.29 is 13.2 Å². The summed E-state index contributed by atoms with van der Waals surface area (Å²) >= 11 is 0. The van der Waals surface area contributed by atoms with E-state index in [1.165, 1.54) is 6.92 Å². The van der Waals surface area contributed by atoms with Crippen molar-refractivity contribution in [2.24, 2.45) is 0 Å². The first-order chi connectivity index (χ1) is 10.2. The molecule has 0 saturated carbocycles. The normalized spacial score (nSPS) is 11.7. The molecule has 1 N–H and O–H groups in total. The third-order valence-corrected chi connectivity index (χ3v) is 4.74. The molecule has 7 heteroatoms. The first kappa shape index (κ1) is 18.6. The molecular formula is C15H25N3O3S. The molecule has 6 nitrogen and oxygen atoms in total. The molecule has 0 spiro atoms. The van der Waals surface area contributed by atoms with E-state index in [4.69, 9.17) is 0 Å². The van der Waals surface area contributed by atoms with Crippen LogP contribution < -0.4 is 4.72 Å². The molecule has 22 heavy (non-hydrogen) atoms. The van der Waals surface area contributed by atoms with Crippen LogP contribution in [0.15, 0.2) is 29.2 Å². The summed E-state index contributed by atoms with van der Waals surface area (Å²) in [4.78, 5) is 15.4. The van der Waals surface area contributed by atoms with Crippen LogP contribution in [0.3, 0.4) is 0 Å². The molecule has 0 aromatic heterocycles. The minimum atomic E-state index is -3.53. The summed E-state index contributed by atoms with van der Waals surface area (Å²) in [5.74, 6) is -0.0589. The molecule has 1 rings (SSSR count). The molecule has 0 bridgehead atoms. The Morgan fingerprint density at radius 2 is 1.68 bits per heavy atom. The predicted molar refractivity (Wildman–Crippen MR) is 87.2 cm³/mol. The SMILES string of the molecule is CC(=O)N(CCNS(=O)(=O)c1ccc(C)cc1)CCN(C)C. The number of amides is 1. The van der Waals surface area contributed by atoms with Crippen LogP contribution in [-0.2, 0) is 14.8 Å². The number of sulfonamides is 1. The summed E-state index contributed by atoms with van der Waals surface area (Å²) in [6.07, 6.45) is 0. The van der Waals surface area contributed by atoms with Crippen LogP contribution in [0.2, 0.25) is 0 Å². The Morgan fingerprint density at radius 3 is 2.18 bits per heavy atom. The standard InChI is InChI=1S/C15H25N3O3S/c1-13-5-7-15(8-6-13)22(20,21)16-9-10-18(14(2)19)12-11-17(3)4/h5-8,16H,9-12H2,1-4H3. The highest BCUT2D eigenvalue weighted by Gasteiger charge is 2.15. The molecular weight excluding hydrogens is 302 g/mol. The van der Waals surface area contributed by atoms with E-state index < -0.39 is 10.0 Å². The Morgan fingerprint density at radius 1 is 1.09 bits per heavy atom. The van der Waals surface area contributed by atoms with Gasteiger partial charge in [0.2, 0.25) is 15.9 Å². The minimum Gasteiger partial charge on any atom is -0.340 e. The van der Waals surface area contributed by atoms with Gasteiger partial charge in [0.25, 0.3) is 0 Å². The Hall–Kier alpha value is -1.44. The molecule has 0 aliphatic heterocycles. The van der Waals surface area contributed by atoms with Gasteiger partial charge in [-0.25, -0.2) is 13.1 Å². The number of hydrogen-bond acceptors (Lipinski definition) is 4. The van der Waals surface area contributed by atoms with Gasteiger partial charge in [0.15, 0.2) is 0 Å². The monoisotopic (exact) mass is 327 g/mol. The zero-order chi connectivity index (χ0) is 16.8. The average Bonchev–Trinajstić information content (AvgIpc) is 2.42. The second-order valence-electron chi connectivity index (χ2n) is 5.52. The highest BCUT2D eigenvalue weighted by Crippen LogP contribution is 2.09. The van der Waals surface area contributed by atoms with Gasteiger partial charge in [-0.15, -0.1) is 0 Å². The number of nitrogens with one attached hydrogen (secondary N) is 1. The number of benzene rings is 1. The van der Waals surface area contributed by atoms with Gasteiger partial charge < -0.3 is 9.80 Å². The van der Waals surface area contributed by atoms with Gasteiger partial charge in [-0.3, -0.25) is 4.79 Å². The van der Waals surface area contributed by atoms with Crippen LogP contribution in [-0.4, -0.2) is 64.4 Å². The van der Waals surface area contributed by atoms with Gasteiger partial charge in [-0.2, -0.15) is 0 Å². The number of aryl methyl sites for hydroxylation is 1. The molecule has 1 aromatic rings. The Labute approximate surface area is 133 Å². The van der Waals surface area contributed by atoms with E-state index in [2.05, 4.69) is 4.72 Å². The molecule has 0 atom stereocenters. The van der Waals surface area contributed by atoms with Crippen LogP contribution in [0.4, 0.5) is 0 Å². The maximum atomic E-state index is 12.1. The van der Waals surface area contributed by atoms with Crippen LogP contribution >= 0.6 is 0 Å². The molecule has 0 aliphatic carbocycles. The third-order valence-electron chi connectivity index (χ3n) is 3.27. The Kier molecular flexibility index (Phi) is 6.99. The van der Waals surface area contributed by atoms with E-state index in [9.17, 15) is 13.2 Å². The quantitative estimate of drug-likeness (QED) is 0.762. The summed E-state index contributed by atoms with van der Waals surface area (Å²) in [5.41, 5.74) is 1.00. The third kappa shape index (κ3) is 6.13. The van der Waals surface area contributed by atoms with Crippen molar-refractivity contribution in [1.82, 2.24) is 14.5 Å². The van der Waals surface area contributed by atoms with Crippen LogP contribution in [0.1, 0.15) is 12.5 Å². The summed E-state index contributed by atoms with van der Waals surface area (Å²) in [6.45, 7) is 5.26. The zero-order valence-corrected chi connectivity index (χ0v) is 14.5. The van der Waals surface area contributed by atoms with Crippen molar-refractivity contribution >= 4 is 15.9 Å². The van der Waals surface area contributed by atoms with Crippen molar-refractivity contribution in [2.45, 2.75) is 18.7 Å².